The molecule has 0 spiro atoms. The fraction of sp³-hybridized carbons (Fsp3) is 0.529. The lowest BCUT2D eigenvalue weighted by Gasteiger charge is -2.39. The maximum absolute atomic E-state index is 15.5. The van der Waals surface area contributed by atoms with Crippen LogP contribution in [0.25, 0.3) is 10.9 Å². The summed E-state index contributed by atoms with van der Waals surface area (Å²) in [7, 11) is 1.99. The van der Waals surface area contributed by atoms with Crippen molar-refractivity contribution in [2.75, 3.05) is 38.5 Å². The summed E-state index contributed by atoms with van der Waals surface area (Å²) < 4.78 is 46.3. The molecule has 5 N–H and O–H groups in total. The monoisotopic (exact) mass is 671 g/mol. The van der Waals surface area contributed by atoms with Crippen molar-refractivity contribution in [2.24, 2.45) is 5.92 Å². The van der Waals surface area contributed by atoms with Gasteiger partial charge in [0.15, 0.2) is 0 Å². The second-order valence-electron chi connectivity index (χ2n) is 12.9. The van der Waals surface area contributed by atoms with Crippen LogP contribution in [0.15, 0.2) is 42.6 Å². The third kappa shape index (κ3) is 8.34. The minimum absolute atomic E-state index is 0.130. The van der Waals surface area contributed by atoms with Crippen LogP contribution < -0.4 is 16.0 Å². The Bertz CT molecular complexity index is 1590. The number of aromatic nitrogens is 2. The van der Waals surface area contributed by atoms with Gasteiger partial charge in [0.1, 0.15) is 18.1 Å². The van der Waals surface area contributed by atoms with E-state index in [1.165, 1.54) is 30.5 Å². The largest absolute Gasteiger partial charge is 0.376 e. The SMILES string of the molecule is CCC(=O)N[C@H](Cc1ccc(NC(=O)[C@@H](NC(=O)C(F)(F)c2ccc3[nH]ncc3c2)C2CCCCC2)c(F)c1)C(O)N1CCN(C)CC1. The normalized spacial score (nSPS) is 18.6. The summed E-state index contributed by atoms with van der Waals surface area (Å²) in [6.07, 6.45) is 4.31. The van der Waals surface area contributed by atoms with Gasteiger partial charge in [-0.05, 0) is 62.1 Å². The zero-order chi connectivity index (χ0) is 34.4. The van der Waals surface area contributed by atoms with Gasteiger partial charge in [-0.2, -0.15) is 13.9 Å². The third-order valence-electron chi connectivity index (χ3n) is 9.46. The predicted molar refractivity (Wildman–Crippen MR) is 175 cm³/mol. The number of aromatic amines is 1. The summed E-state index contributed by atoms with van der Waals surface area (Å²) in [6, 6.07) is 5.85. The molecule has 0 bridgehead atoms. The van der Waals surface area contributed by atoms with E-state index in [-0.39, 0.29) is 24.4 Å². The molecule has 3 atom stereocenters. The Balaban J connectivity index is 1.30. The van der Waals surface area contributed by atoms with Crippen LogP contribution in [-0.2, 0) is 26.7 Å². The summed E-state index contributed by atoms with van der Waals surface area (Å²) >= 11 is 0. The number of aliphatic hydroxyl groups excluding tert-OH is 1. The molecule has 11 nitrogen and oxygen atoms in total. The molecular weight excluding hydrogens is 627 g/mol. The number of carbonyl (C=O) groups excluding carboxylic acids is 3. The van der Waals surface area contributed by atoms with Crippen molar-refractivity contribution < 1.29 is 32.7 Å². The van der Waals surface area contributed by atoms with Gasteiger partial charge in [0.2, 0.25) is 11.8 Å². The maximum atomic E-state index is 15.5. The van der Waals surface area contributed by atoms with Crippen molar-refractivity contribution in [3.63, 3.8) is 0 Å². The number of H-pyrrole nitrogens is 1. The van der Waals surface area contributed by atoms with Gasteiger partial charge < -0.3 is 26.0 Å². The quantitative estimate of drug-likeness (QED) is 0.199. The van der Waals surface area contributed by atoms with E-state index in [0.29, 0.717) is 42.4 Å². The van der Waals surface area contributed by atoms with Crippen molar-refractivity contribution in [3.05, 3.63) is 59.5 Å². The van der Waals surface area contributed by atoms with E-state index in [4.69, 9.17) is 0 Å². The first-order chi connectivity index (χ1) is 23.0. The first kappa shape index (κ1) is 35.3. The van der Waals surface area contributed by atoms with Crippen LogP contribution in [0.2, 0.25) is 0 Å². The molecule has 2 fully saturated rings. The molecule has 48 heavy (non-hydrogen) atoms. The van der Waals surface area contributed by atoms with Gasteiger partial charge in [0.25, 0.3) is 5.91 Å². The topological polar surface area (TPSA) is 143 Å². The second kappa shape index (κ2) is 15.5. The number of piperazine rings is 1. The van der Waals surface area contributed by atoms with Gasteiger partial charge >= 0.3 is 5.92 Å². The number of benzene rings is 2. The van der Waals surface area contributed by atoms with Crippen molar-refractivity contribution in [2.45, 2.75) is 76.1 Å². The molecule has 2 aromatic carbocycles. The molecule has 1 saturated carbocycles. The number of amides is 3. The molecule has 1 unspecified atom stereocenters. The average molecular weight is 672 g/mol. The molecule has 3 aromatic rings. The number of nitrogens with one attached hydrogen (secondary N) is 4. The molecule has 1 saturated heterocycles. The smallest absolute Gasteiger partial charge is 0.349 e. The van der Waals surface area contributed by atoms with E-state index in [9.17, 15) is 19.5 Å². The molecule has 2 heterocycles. The van der Waals surface area contributed by atoms with Crippen LogP contribution in [-0.4, -0.2) is 94.4 Å². The summed E-state index contributed by atoms with van der Waals surface area (Å²) in [5, 5.41) is 25.7. The molecule has 1 aromatic heterocycles. The van der Waals surface area contributed by atoms with Crippen LogP contribution >= 0.6 is 0 Å². The zero-order valence-electron chi connectivity index (χ0n) is 27.3. The summed E-state index contributed by atoms with van der Waals surface area (Å²) in [5.41, 5.74) is 0.301. The Morgan fingerprint density at radius 3 is 2.46 bits per heavy atom. The van der Waals surface area contributed by atoms with E-state index < -0.39 is 53.3 Å². The van der Waals surface area contributed by atoms with Crippen molar-refractivity contribution in [3.8, 4) is 0 Å². The lowest BCUT2D eigenvalue weighted by molar-refractivity contribution is -0.149. The molecular formula is C34H44F3N7O4. The highest BCUT2D eigenvalue weighted by Crippen LogP contribution is 2.33. The lowest BCUT2D eigenvalue weighted by atomic mass is 9.83. The number of likely N-dealkylation sites (N-methyl/N-ethyl adjacent to an activating group) is 1. The van der Waals surface area contributed by atoms with Crippen molar-refractivity contribution in [1.82, 2.24) is 30.6 Å². The van der Waals surface area contributed by atoms with E-state index in [2.05, 4.69) is 31.0 Å². The number of hydrogen-bond donors (Lipinski definition) is 5. The average Bonchev–Trinajstić information content (AvgIpc) is 3.56. The molecule has 5 rings (SSSR count). The lowest BCUT2D eigenvalue weighted by Crippen LogP contribution is -2.57. The van der Waals surface area contributed by atoms with E-state index in [1.54, 1.807) is 13.0 Å². The van der Waals surface area contributed by atoms with Gasteiger partial charge in [0.05, 0.1) is 23.4 Å². The van der Waals surface area contributed by atoms with E-state index >= 15 is 13.2 Å². The number of anilines is 1. The number of fused-ring (bicyclic) bond motifs is 1. The minimum atomic E-state index is -3.94. The Morgan fingerprint density at radius 2 is 1.77 bits per heavy atom. The van der Waals surface area contributed by atoms with Crippen LogP contribution in [0.1, 0.15) is 56.6 Å². The van der Waals surface area contributed by atoms with Gasteiger partial charge in [-0.15, -0.1) is 0 Å². The molecule has 1 aliphatic heterocycles. The van der Waals surface area contributed by atoms with Crippen LogP contribution in [0.5, 0.6) is 0 Å². The van der Waals surface area contributed by atoms with Crippen LogP contribution in [0.3, 0.4) is 0 Å². The Hall–Kier alpha value is -4.01. The maximum Gasteiger partial charge on any atom is 0.349 e. The highest BCUT2D eigenvalue weighted by molar-refractivity contribution is 5.99. The van der Waals surface area contributed by atoms with E-state index in [0.717, 1.165) is 38.4 Å². The molecule has 1 aliphatic carbocycles. The number of hydrogen-bond acceptors (Lipinski definition) is 7. The Kier molecular flexibility index (Phi) is 11.4. The van der Waals surface area contributed by atoms with Gasteiger partial charge in [0, 0.05) is 43.5 Å². The number of aliphatic hydroxyl groups is 1. The minimum Gasteiger partial charge on any atom is -0.376 e. The Morgan fingerprint density at radius 1 is 1.04 bits per heavy atom. The predicted octanol–water partition coefficient (Wildman–Crippen LogP) is 3.50. The second-order valence-corrected chi connectivity index (χ2v) is 12.9. The molecule has 260 valence electrons. The third-order valence-corrected chi connectivity index (χ3v) is 9.46. The molecule has 3 amide bonds. The van der Waals surface area contributed by atoms with Crippen LogP contribution in [0, 0.1) is 11.7 Å². The van der Waals surface area contributed by atoms with Crippen molar-refractivity contribution >= 4 is 34.3 Å². The summed E-state index contributed by atoms with van der Waals surface area (Å²) in [4.78, 5) is 42.9. The van der Waals surface area contributed by atoms with Crippen molar-refractivity contribution in [1.29, 1.82) is 0 Å². The Labute approximate surface area is 277 Å². The molecule has 2 aliphatic rings. The first-order valence-electron chi connectivity index (χ1n) is 16.6. The highest BCUT2D eigenvalue weighted by atomic mass is 19.3. The van der Waals surface area contributed by atoms with Gasteiger partial charge in [-0.1, -0.05) is 38.3 Å². The molecule has 0 radical (unpaired) electrons. The van der Waals surface area contributed by atoms with Gasteiger partial charge in [-0.25, -0.2) is 4.39 Å². The highest BCUT2D eigenvalue weighted by Gasteiger charge is 2.44. The first-order valence-corrected chi connectivity index (χ1v) is 16.6. The fourth-order valence-corrected chi connectivity index (χ4v) is 6.50. The number of alkyl halides is 2. The summed E-state index contributed by atoms with van der Waals surface area (Å²) in [5.74, 6) is -7.78. The fourth-order valence-electron chi connectivity index (χ4n) is 6.50. The van der Waals surface area contributed by atoms with Crippen LogP contribution in [0.4, 0.5) is 18.9 Å². The van der Waals surface area contributed by atoms with Gasteiger partial charge in [-0.3, -0.25) is 24.4 Å². The van der Waals surface area contributed by atoms with E-state index in [1.807, 2.05) is 11.9 Å². The molecule has 14 heteroatoms. The number of carbonyl (C=O) groups is 3. The zero-order valence-corrected chi connectivity index (χ0v) is 27.3. The number of rotatable bonds is 12. The number of nitrogens with zero attached hydrogens (tertiary/aromatic N) is 3. The standard InChI is InChI=1S/C34H44F3N7O4/c1-3-29(45)39-28(32(47)44-15-13-43(2)14-16-44)18-21-9-11-27(25(35)17-21)40-31(46)30(22-7-5-4-6-8-22)41-33(48)34(36,37)24-10-12-26-23(19-24)20-38-42-26/h9-12,17,19-20,22,28,30,32,47H,3-8,13-16,18H2,1-2H3,(H,38,42)(H,39,45)(H,40,46)(H,41,48)/t28-,30+,32?/m1/s1. The number of halogens is 3. The summed E-state index contributed by atoms with van der Waals surface area (Å²) in [6.45, 7) is 4.44.